The average molecular weight is 292 g/mol. The first-order valence-corrected chi connectivity index (χ1v) is 8.22. The van der Waals surface area contributed by atoms with Crippen molar-refractivity contribution in [3.05, 3.63) is 0 Å². The molecule has 0 aliphatic heterocycles. The summed E-state index contributed by atoms with van der Waals surface area (Å²) < 4.78 is 22.0. The van der Waals surface area contributed by atoms with Crippen LogP contribution < -0.4 is 10.6 Å². The van der Waals surface area contributed by atoms with Crippen LogP contribution in [0.3, 0.4) is 0 Å². The number of amides is 2. The van der Waals surface area contributed by atoms with E-state index in [0.717, 1.165) is 19.1 Å². The lowest BCUT2D eigenvalue weighted by atomic mass is 10.2. The molecule has 7 nitrogen and oxygen atoms in total. The van der Waals surface area contributed by atoms with E-state index in [4.69, 9.17) is 5.11 Å². The summed E-state index contributed by atoms with van der Waals surface area (Å²) in [6, 6.07) is -1.76. The van der Waals surface area contributed by atoms with Crippen molar-refractivity contribution < 1.29 is 23.1 Å². The highest BCUT2D eigenvalue weighted by Gasteiger charge is 2.30. The fourth-order valence-corrected chi connectivity index (χ4v) is 2.37. The SMILES string of the molecule is CC(NC(=O)NC(CCS(C)(=O)=O)C(=O)O)C1CC1. The van der Waals surface area contributed by atoms with Crippen LogP contribution in [0.5, 0.6) is 0 Å². The number of hydrogen-bond donors (Lipinski definition) is 3. The van der Waals surface area contributed by atoms with Gasteiger partial charge >= 0.3 is 12.0 Å². The van der Waals surface area contributed by atoms with E-state index in [1.54, 1.807) is 0 Å². The van der Waals surface area contributed by atoms with Gasteiger partial charge in [0.1, 0.15) is 15.9 Å². The molecule has 1 rings (SSSR count). The summed E-state index contributed by atoms with van der Waals surface area (Å²) in [4.78, 5) is 22.5. The number of carbonyl (C=O) groups excluding carboxylic acids is 1. The molecule has 0 spiro atoms. The first-order chi connectivity index (χ1) is 8.69. The Bertz CT molecular complexity index is 444. The van der Waals surface area contributed by atoms with Gasteiger partial charge in [-0.25, -0.2) is 18.0 Å². The molecule has 2 unspecified atom stereocenters. The lowest BCUT2D eigenvalue weighted by molar-refractivity contribution is -0.139. The maximum Gasteiger partial charge on any atom is 0.326 e. The van der Waals surface area contributed by atoms with Crippen molar-refractivity contribution in [2.75, 3.05) is 12.0 Å². The quantitative estimate of drug-likeness (QED) is 0.610. The average Bonchev–Trinajstić information content (AvgIpc) is 3.05. The minimum Gasteiger partial charge on any atom is -0.480 e. The van der Waals surface area contributed by atoms with Crippen LogP contribution in [0.4, 0.5) is 4.79 Å². The molecule has 0 aromatic heterocycles. The molecular formula is C11H20N2O5S. The maximum atomic E-state index is 11.6. The summed E-state index contributed by atoms with van der Waals surface area (Å²) in [7, 11) is -3.25. The van der Waals surface area contributed by atoms with Crippen molar-refractivity contribution in [3.8, 4) is 0 Å². The molecule has 0 bridgehead atoms. The predicted molar refractivity (Wildman–Crippen MR) is 69.6 cm³/mol. The Hall–Kier alpha value is -1.31. The van der Waals surface area contributed by atoms with Gasteiger partial charge in [-0.05, 0) is 32.1 Å². The third-order valence-electron chi connectivity index (χ3n) is 3.07. The maximum absolute atomic E-state index is 11.6. The fraction of sp³-hybridized carbons (Fsp3) is 0.818. The molecule has 0 aromatic rings. The number of nitrogens with one attached hydrogen (secondary N) is 2. The summed E-state index contributed by atoms with van der Waals surface area (Å²) in [5.41, 5.74) is 0. The molecule has 0 saturated heterocycles. The summed E-state index contributed by atoms with van der Waals surface area (Å²) in [5.74, 6) is -1.05. The van der Waals surface area contributed by atoms with E-state index in [1.165, 1.54) is 0 Å². The number of aliphatic carboxylic acids is 1. The Morgan fingerprint density at radius 2 is 1.89 bits per heavy atom. The van der Waals surface area contributed by atoms with Crippen molar-refractivity contribution in [1.82, 2.24) is 10.6 Å². The first-order valence-electron chi connectivity index (χ1n) is 6.16. The van der Waals surface area contributed by atoms with Gasteiger partial charge in [0.2, 0.25) is 0 Å². The van der Waals surface area contributed by atoms with Gasteiger partial charge in [-0.1, -0.05) is 0 Å². The second-order valence-corrected chi connectivity index (χ2v) is 7.31. The van der Waals surface area contributed by atoms with Crippen molar-refractivity contribution >= 4 is 21.8 Å². The Labute approximate surface area is 112 Å². The van der Waals surface area contributed by atoms with Gasteiger partial charge < -0.3 is 15.7 Å². The van der Waals surface area contributed by atoms with E-state index in [2.05, 4.69) is 10.6 Å². The third-order valence-corrected chi connectivity index (χ3v) is 4.05. The highest BCUT2D eigenvalue weighted by Crippen LogP contribution is 2.32. The molecule has 0 radical (unpaired) electrons. The Morgan fingerprint density at radius 1 is 1.32 bits per heavy atom. The summed E-state index contributed by atoms with van der Waals surface area (Å²) >= 11 is 0. The van der Waals surface area contributed by atoms with Crippen molar-refractivity contribution in [1.29, 1.82) is 0 Å². The predicted octanol–water partition coefficient (Wildman–Crippen LogP) is -0.0280. The first kappa shape index (κ1) is 15.7. The summed E-state index contributed by atoms with van der Waals surface area (Å²) in [6.45, 7) is 1.86. The topological polar surface area (TPSA) is 113 Å². The minimum atomic E-state index is -3.25. The zero-order valence-corrected chi connectivity index (χ0v) is 11.9. The largest absolute Gasteiger partial charge is 0.480 e. The normalized spacial score (nSPS) is 18.4. The Morgan fingerprint density at radius 3 is 2.32 bits per heavy atom. The molecule has 19 heavy (non-hydrogen) atoms. The number of rotatable bonds is 7. The highest BCUT2D eigenvalue weighted by molar-refractivity contribution is 7.90. The van der Waals surface area contributed by atoms with Crippen LogP contribution in [0.1, 0.15) is 26.2 Å². The monoisotopic (exact) mass is 292 g/mol. The van der Waals surface area contributed by atoms with Crippen LogP contribution in [0, 0.1) is 5.92 Å². The lowest BCUT2D eigenvalue weighted by Crippen LogP contribution is -2.49. The van der Waals surface area contributed by atoms with E-state index >= 15 is 0 Å². The van der Waals surface area contributed by atoms with Crippen LogP contribution >= 0.6 is 0 Å². The Kier molecular flexibility index (Phi) is 5.16. The van der Waals surface area contributed by atoms with Crippen molar-refractivity contribution in [2.45, 2.75) is 38.3 Å². The molecule has 0 heterocycles. The van der Waals surface area contributed by atoms with E-state index < -0.39 is 27.9 Å². The van der Waals surface area contributed by atoms with E-state index in [0.29, 0.717) is 5.92 Å². The van der Waals surface area contributed by atoms with Crippen LogP contribution in [0.25, 0.3) is 0 Å². The molecule has 3 N–H and O–H groups in total. The highest BCUT2D eigenvalue weighted by atomic mass is 32.2. The van der Waals surface area contributed by atoms with Gasteiger partial charge in [0.15, 0.2) is 0 Å². The lowest BCUT2D eigenvalue weighted by Gasteiger charge is -2.17. The van der Waals surface area contributed by atoms with E-state index in [1.807, 2.05) is 6.92 Å². The zero-order chi connectivity index (χ0) is 14.6. The molecule has 8 heteroatoms. The molecule has 1 aliphatic rings. The van der Waals surface area contributed by atoms with Gasteiger partial charge in [-0.3, -0.25) is 0 Å². The number of carboxylic acids is 1. The van der Waals surface area contributed by atoms with E-state index in [-0.39, 0.29) is 18.2 Å². The molecule has 2 atom stereocenters. The van der Waals surface area contributed by atoms with Crippen LogP contribution in [0.2, 0.25) is 0 Å². The van der Waals surface area contributed by atoms with Crippen LogP contribution in [-0.4, -0.2) is 49.6 Å². The minimum absolute atomic E-state index is 0.00403. The van der Waals surface area contributed by atoms with Gasteiger partial charge in [0.05, 0.1) is 5.75 Å². The number of carbonyl (C=O) groups is 2. The molecule has 1 saturated carbocycles. The molecule has 0 aromatic carbocycles. The van der Waals surface area contributed by atoms with Crippen molar-refractivity contribution in [2.24, 2.45) is 5.92 Å². The standard InChI is InChI=1S/C11H20N2O5S/c1-7(8-3-4-8)12-11(16)13-9(10(14)15)5-6-19(2,17)18/h7-9H,3-6H2,1-2H3,(H,14,15)(H2,12,13,16). The van der Waals surface area contributed by atoms with E-state index in [9.17, 15) is 18.0 Å². The molecular weight excluding hydrogens is 272 g/mol. The van der Waals surface area contributed by atoms with Gasteiger partial charge in [0.25, 0.3) is 0 Å². The molecule has 1 aliphatic carbocycles. The Balaban J connectivity index is 2.43. The molecule has 110 valence electrons. The van der Waals surface area contributed by atoms with Crippen LogP contribution in [0.15, 0.2) is 0 Å². The van der Waals surface area contributed by atoms with Gasteiger partial charge in [0, 0.05) is 12.3 Å². The number of hydrogen-bond acceptors (Lipinski definition) is 4. The number of carboxylic acid groups (broad SMARTS) is 1. The third kappa shape index (κ3) is 6.42. The summed E-state index contributed by atoms with van der Waals surface area (Å²) in [5, 5.41) is 13.9. The number of sulfone groups is 1. The molecule has 2 amide bonds. The second kappa shape index (κ2) is 6.23. The smallest absolute Gasteiger partial charge is 0.326 e. The summed E-state index contributed by atoms with van der Waals surface area (Å²) in [6.07, 6.45) is 3.02. The fourth-order valence-electron chi connectivity index (χ4n) is 1.71. The zero-order valence-electron chi connectivity index (χ0n) is 11.0. The van der Waals surface area contributed by atoms with Gasteiger partial charge in [-0.2, -0.15) is 0 Å². The second-order valence-electron chi connectivity index (χ2n) is 5.05. The van der Waals surface area contributed by atoms with Gasteiger partial charge in [-0.15, -0.1) is 0 Å². The van der Waals surface area contributed by atoms with Crippen molar-refractivity contribution in [3.63, 3.8) is 0 Å². The molecule has 1 fully saturated rings. The number of urea groups is 1. The van der Waals surface area contributed by atoms with Crippen LogP contribution in [-0.2, 0) is 14.6 Å².